The minimum atomic E-state index is 0.0535. The Morgan fingerprint density at radius 3 is 1.22 bits per heavy atom. The van der Waals surface area contributed by atoms with Crippen molar-refractivity contribution in [3.63, 3.8) is 0 Å². The van der Waals surface area contributed by atoms with Crippen LogP contribution in [0.1, 0.15) is 219 Å². The van der Waals surface area contributed by atoms with Gasteiger partial charge in [0.2, 0.25) is 0 Å². The van der Waals surface area contributed by atoms with Crippen molar-refractivity contribution in [3.05, 3.63) is 24.3 Å². The molecule has 1 saturated carbocycles. The second kappa shape index (κ2) is 29.9. The first-order valence-corrected chi connectivity index (χ1v) is 22.4. The number of allylic oxidation sites excluding steroid dienone is 4. The van der Waals surface area contributed by atoms with Crippen LogP contribution in [0.25, 0.3) is 0 Å². The summed E-state index contributed by atoms with van der Waals surface area (Å²) in [5.74, 6) is 0.589. The molecule has 5 atom stereocenters. The van der Waals surface area contributed by atoms with Gasteiger partial charge in [-0.2, -0.15) is 0 Å². The molecule has 0 aromatic carbocycles. The summed E-state index contributed by atoms with van der Waals surface area (Å²) in [4.78, 5) is 0. The summed E-state index contributed by atoms with van der Waals surface area (Å²) in [6, 6.07) is 0.669. The second-order valence-electron chi connectivity index (χ2n) is 17.2. The van der Waals surface area contributed by atoms with Gasteiger partial charge in [0.25, 0.3) is 0 Å². The van der Waals surface area contributed by atoms with Crippen LogP contribution in [0, 0.1) is 5.92 Å². The van der Waals surface area contributed by atoms with E-state index in [1.54, 1.807) is 0 Å². The molecular weight excluding hydrogens is 599 g/mol. The summed E-state index contributed by atoms with van der Waals surface area (Å²) >= 11 is 0. The summed E-state index contributed by atoms with van der Waals surface area (Å²) in [5.41, 5.74) is 0. The van der Waals surface area contributed by atoms with E-state index in [0.717, 1.165) is 10.9 Å². The van der Waals surface area contributed by atoms with Crippen molar-refractivity contribution in [2.45, 2.75) is 244 Å². The maximum absolute atomic E-state index is 6.69. The zero-order chi connectivity index (χ0) is 35.3. The average molecular weight is 687 g/mol. The largest absolute Gasteiger partial charge is 0.346 e. The third-order valence-corrected chi connectivity index (χ3v) is 11.7. The van der Waals surface area contributed by atoms with E-state index in [0.29, 0.717) is 24.2 Å². The van der Waals surface area contributed by atoms with Crippen LogP contribution in [0.4, 0.5) is 0 Å². The lowest BCUT2D eigenvalue weighted by Crippen LogP contribution is -2.44. The molecule has 3 unspecified atom stereocenters. The molecule has 0 bridgehead atoms. The van der Waals surface area contributed by atoms with E-state index in [1.165, 1.54) is 199 Å². The van der Waals surface area contributed by atoms with Gasteiger partial charge in [-0.3, -0.25) is 0 Å². The van der Waals surface area contributed by atoms with Gasteiger partial charge < -0.3 is 14.0 Å². The summed E-state index contributed by atoms with van der Waals surface area (Å²) in [5, 5.41) is 0. The Bertz CT molecular complexity index is 770. The molecule has 2 fully saturated rings. The van der Waals surface area contributed by atoms with Crippen LogP contribution in [-0.2, 0) is 9.47 Å². The zero-order valence-electron chi connectivity index (χ0n) is 34.1. The molecule has 1 aliphatic heterocycles. The highest BCUT2D eigenvalue weighted by Crippen LogP contribution is 2.40. The topological polar surface area (TPSA) is 18.5 Å². The van der Waals surface area contributed by atoms with Crippen LogP contribution in [0.2, 0.25) is 0 Å². The molecule has 3 nitrogen and oxygen atoms in total. The van der Waals surface area contributed by atoms with E-state index in [4.69, 9.17) is 9.47 Å². The van der Waals surface area contributed by atoms with Gasteiger partial charge in [0.15, 0.2) is 6.29 Å². The molecule has 288 valence electrons. The average Bonchev–Trinajstić information content (AvgIpc) is 3.67. The Kier molecular flexibility index (Phi) is 27.2. The second-order valence-corrected chi connectivity index (χ2v) is 17.2. The summed E-state index contributed by atoms with van der Waals surface area (Å²) < 4.78 is 14.4. The van der Waals surface area contributed by atoms with Crippen molar-refractivity contribution in [3.8, 4) is 0 Å². The van der Waals surface area contributed by atoms with Crippen molar-refractivity contribution in [2.24, 2.45) is 5.92 Å². The fraction of sp³-hybridized carbons (Fsp3) is 0.913. The standard InChI is InChI=1S/C46H88NO2/c1-6-8-10-12-14-16-18-20-22-24-26-28-30-32-34-36-38-42(46-48-44-40-43(47(3,4)5)41-45(44)49-46)39-37-35-33-31-29-27-25-23-21-19-17-15-13-11-9-7-2/h14,16,20,22,42-46H,6-13,15,17-19,21,23-41H2,1-5H3/q+1/b16-14-,22-20-/t42?,43-,44-,45?,46?/m0/s1. The van der Waals surface area contributed by atoms with Crippen molar-refractivity contribution in [2.75, 3.05) is 21.1 Å². The molecule has 1 aliphatic carbocycles. The highest BCUT2D eigenvalue weighted by molar-refractivity contribution is 4.93. The molecule has 0 radical (unpaired) electrons. The van der Waals surface area contributed by atoms with E-state index in [9.17, 15) is 0 Å². The van der Waals surface area contributed by atoms with Crippen molar-refractivity contribution in [1.29, 1.82) is 0 Å². The number of rotatable bonds is 34. The monoisotopic (exact) mass is 687 g/mol. The number of ether oxygens (including phenoxy) is 2. The number of hydrogen-bond acceptors (Lipinski definition) is 2. The molecule has 0 amide bonds. The molecule has 0 N–H and O–H groups in total. The number of unbranched alkanes of at least 4 members (excludes halogenated alkanes) is 24. The number of quaternary nitrogens is 1. The van der Waals surface area contributed by atoms with Gasteiger partial charge in [-0.05, 0) is 44.9 Å². The quantitative estimate of drug-likeness (QED) is 0.0381. The Morgan fingerprint density at radius 1 is 0.469 bits per heavy atom. The Labute approximate surface area is 308 Å². The maximum Gasteiger partial charge on any atom is 0.161 e. The number of hydrogen-bond donors (Lipinski definition) is 0. The Hall–Kier alpha value is -0.640. The highest BCUT2D eigenvalue weighted by atomic mass is 16.7. The van der Waals surface area contributed by atoms with Crippen molar-refractivity contribution < 1.29 is 14.0 Å². The van der Waals surface area contributed by atoms with E-state index in [2.05, 4.69) is 59.3 Å². The first-order valence-electron chi connectivity index (χ1n) is 22.4. The van der Waals surface area contributed by atoms with Crippen LogP contribution >= 0.6 is 0 Å². The fourth-order valence-corrected chi connectivity index (χ4v) is 8.22. The molecular formula is C46H88NO2+. The van der Waals surface area contributed by atoms with Crippen molar-refractivity contribution in [1.82, 2.24) is 0 Å². The molecule has 2 rings (SSSR count). The van der Waals surface area contributed by atoms with Crippen LogP contribution in [0.5, 0.6) is 0 Å². The number of fused-ring (bicyclic) bond motifs is 1. The molecule has 1 saturated heterocycles. The first-order chi connectivity index (χ1) is 24.0. The molecule has 0 aromatic rings. The highest BCUT2D eigenvalue weighted by Gasteiger charge is 2.49. The van der Waals surface area contributed by atoms with Gasteiger partial charge in [-0.15, -0.1) is 0 Å². The Morgan fingerprint density at radius 2 is 0.816 bits per heavy atom. The maximum atomic E-state index is 6.69. The molecule has 0 spiro atoms. The molecule has 3 heteroatoms. The number of nitrogens with zero attached hydrogens (tertiary/aromatic N) is 1. The smallest absolute Gasteiger partial charge is 0.161 e. The summed E-state index contributed by atoms with van der Waals surface area (Å²) in [6.45, 7) is 4.58. The molecule has 2 aliphatic rings. The fourth-order valence-electron chi connectivity index (χ4n) is 8.22. The van der Waals surface area contributed by atoms with Crippen LogP contribution in [0.3, 0.4) is 0 Å². The van der Waals surface area contributed by atoms with Gasteiger partial charge in [0.1, 0.15) is 0 Å². The molecule has 49 heavy (non-hydrogen) atoms. The lowest BCUT2D eigenvalue weighted by molar-refractivity contribution is -0.895. The van der Waals surface area contributed by atoms with Crippen LogP contribution < -0.4 is 0 Å². The predicted molar refractivity (Wildman–Crippen MR) is 216 cm³/mol. The third kappa shape index (κ3) is 22.8. The Balaban J connectivity index is 1.55. The van der Waals surface area contributed by atoms with Gasteiger partial charge in [-0.25, -0.2) is 0 Å². The summed E-state index contributed by atoms with van der Waals surface area (Å²) in [7, 11) is 6.98. The minimum absolute atomic E-state index is 0.0535. The van der Waals surface area contributed by atoms with E-state index < -0.39 is 0 Å². The lowest BCUT2D eigenvalue weighted by atomic mass is 9.93. The van der Waals surface area contributed by atoms with E-state index in [-0.39, 0.29) is 6.29 Å². The third-order valence-electron chi connectivity index (χ3n) is 11.7. The molecule has 0 aromatic heterocycles. The summed E-state index contributed by atoms with van der Waals surface area (Å²) in [6.07, 6.45) is 53.9. The normalized spacial score (nSPS) is 21.8. The van der Waals surface area contributed by atoms with Crippen LogP contribution in [0.15, 0.2) is 24.3 Å². The van der Waals surface area contributed by atoms with Gasteiger partial charge >= 0.3 is 0 Å². The first kappa shape index (κ1) is 44.5. The van der Waals surface area contributed by atoms with E-state index >= 15 is 0 Å². The zero-order valence-corrected chi connectivity index (χ0v) is 34.1. The SMILES string of the molecule is CCCCC/C=C\C/C=C\CCCCCCCCC(CCCCCCCCCCCCCCCCCC)C1OC2C[C@@H]([N+](C)(C)C)C[C@@H]2O1. The minimum Gasteiger partial charge on any atom is -0.346 e. The molecule has 1 heterocycles. The predicted octanol–water partition coefficient (Wildman–Crippen LogP) is 14.4. The van der Waals surface area contributed by atoms with Gasteiger partial charge in [-0.1, -0.05) is 186 Å². The van der Waals surface area contributed by atoms with Crippen LogP contribution in [-0.4, -0.2) is 50.2 Å². The van der Waals surface area contributed by atoms with Crippen molar-refractivity contribution >= 4 is 0 Å². The lowest BCUT2D eigenvalue weighted by Gasteiger charge is -2.32. The van der Waals surface area contributed by atoms with Gasteiger partial charge in [0.05, 0.1) is 39.4 Å². The van der Waals surface area contributed by atoms with E-state index in [1.807, 2.05) is 0 Å². The van der Waals surface area contributed by atoms with Gasteiger partial charge in [0, 0.05) is 18.8 Å².